The van der Waals surface area contributed by atoms with Gasteiger partial charge in [-0.15, -0.1) is 0 Å². The molecule has 32 heavy (non-hydrogen) atoms. The second-order valence-electron chi connectivity index (χ2n) is 9.08. The molecule has 2 aliphatic heterocycles. The van der Waals surface area contributed by atoms with Crippen molar-refractivity contribution in [3.8, 4) is 0 Å². The lowest BCUT2D eigenvalue weighted by Crippen LogP contribution is -2.65. The lowest BCUT2D eigenvalue weighted by Gasteiger charge is -2.51. The quantitative estimate of drug-likeness (QED) is 0.360. The number of benzene rings is 1. The first kappa shape index (κ1) is 24.2. The van der Waals surface area contributed by atoms with Crippen LogP contribution < -0.4 is 16.8 Å². The standard InChI is InChI=1S/C24H36N4O4/c25-15-5-4-8-19(27-20(24(31)32)14-9-16-6-2-1-3-7-16)23(30)28-18-12-10-17(11-13-18)21(28)22(26)29/h1-3,6-7,17-21,27H,4-5,8-15,25H2,(H2,26,29)(H,31,32)/t17?,18?,19-,20-,21-/m0/s1. The van der Waals surface area contributed by atoms with Crippen LogP contribution in [-0.4, -0.2) is 58.5 Å². The number of amides is 2. The topological polar surface area (TPSA) is 139 Å². The summed E-state index contributed by atoms with van der Waals surface area (Å²) in [5.41, 5.74) is 12.4. The van der Waals surface area contributed by atoms with E-state index in [9.17, 15) is 19.5 Å². The Morgan fingerprint density at radius 1 is 1.03 bits per heavy atom. The Balaban J connectivity index is 1.75. The number of carboxylic acid groups (broad SMARTS) is 1. The summed E-state index contributed by atoms with van der Waals surface area (Å²) in [6.07, 6.45) is 6.43. The molecule has 3 atom stereocenters. The van der Waals surface area contributed by atoms with E-state index in [2.05, 4.69) is 5.32 Å². The van der Waals surface area contributed by atoms with E-state index in [1.54, 1.807) is 4.90 Å². The number of primary amides is 1. The molecule has 3 aliphatic rings. The minimum Gasteiger partial charge on any atom is -0.480 e. The molecule has 1 aliphatic carbocycles. The van der Waals surface area contributed by atoms with Gasteiger partial charge >= 0.3 is 5.97 Å². The zero-order valence-corrected chi connectivity index (χ0v) is 18.6. The Hall–Kier alpha value is -2.45. The number of aryl methyl sites for hydroxylation is 1. The van der Waals surface area contributed by atoms with Gasteiger partial charge in [0.05, 0.1) is 6.04 Å². The molecule has 0 radical (unpaired) electrons. The number of unbranched alkanes of at least 4 members (excludes halogenated alkanes) is 1. The van der Waals surface area contributed by atoms with Crippen LogP contribution in [0.3, 0.4) is 0 Å². The van der Waals surface area contributed by atoms with Crippen LogP contribution in [-0.2, 0) is 20.8 Å². The molecule has 2 heterocycles. The Labute approximate surface area is 189 Å². The predicted molar refractivity (Wildman–Crippen MR) is 122 cm³/mol. The Morgan fingerprint density at radius 2 is 1.72 bits per heavy atom. The molecular formula is C24H36N4O4. The van der Waals surface area contributed by atoms with Gasteiger partial charge in [-0.05, 0) is 69.4 Å². The highest BCUT2D eigenvalue weighted by Crippen LogP contribution is 2.40. The van der Waals surface area contributed by atoms with E-state index in [0.29, 0.717) is 32.2 Å². The van der Waals surface area contributed by atoms with Crippen LogP contribution in [0.2, 0.25) is 0 Å². The van der Waals surface area contributed by atoms with Gasteiger partial charge in [-0.25, -0.2) is 0 Å². The maximum absolute atomic E-state index is 13.7. The number of nitrogens with zero attached hydrogens (tertiary/aromatic N) is 1. The molecule has 0 aromatic heterocycles. The summed E-state index contributed by atoms with van der Waals surface area (Å²) >= 11 is 0. The average Bonchev–Trinajstić information content (AvgIpc) is 2.80. The molecule has 6 N–H and O–H groups in total. The van der Waals surface area contributed by atoms with Crippen LogP contribution in [0.1, 0.15) is 56.9 Å². The van der Waals surface area contributed by atoms with Gasteiger partial charge in [-0.1, -0.05) is 36.8 Å². The van der Waals surface area contributed by atoms with Gasteiger partial charge in [0.2, 0.25) is 11.8 Å². The Kier molecular flexibility index (Phi) is 8.64. The number of carbonyl (C=O) groups is 3. The van der Waals surface area contributed by atoms with Crippen molar-refractivity contribution < 1.29 is 19.5 Å². The van der Waals surface area contributed by atoms with Crippen molar-refractivity contribution in [3.05, 3.63) is 35.9 Å². The number of aliphatic carboxylic acids is 1. The van der Waals surface area contributed by atoms with E-state index in [1.165, 1.54) is 0 Å². The second kappa shape index (κ2) is 11.4. The summed E-state index contributed by atoms with van der Waals surface area (Å²) in [5.74, 6) is -1.55. The number of nitrogens with one attached hydrogen (secondary N) is 1. The second-order valence-corrected chi connectivity index (χ2v) is 9.08. The first-order chi connectivity index (χ1) is 15.4. The third kappa shape index (κ3) is 5.86. The molecule has 0 spiro atoms. The van der Waals surface area contributed by atoms with Gasteiger partial charge in [0, 0.05) is 6.04 Å². The van der Waals surface area contributed by atoms with E-state index in [1.807, 2.05) is 30.3 Å². The number of nitrogens with two attached hydrogens (primary N) is 2. The lowest BCUT2D eigenvalue weighted by molar-refractivity contribution is -0.154. The summed E-state index contributed by atoms with van der Waals surface area (Å²) in [6.45, 7) is 0.510. The van der Waals surface area contributed by atoms with Crippen LogP contribution in [0.5, 0.6) is 0 Å². The summed E-state index contributed by atoms with van der Waals surface area (Å²) in [6, 6.07) is 7.55. The highest BCUT2D eigenvalue weighted by Gasteiger charge is 2.48. The van der Waals surface area contributed by atoms with Crippen molar-refractivity contribution in [2.24, 2.45) is 17.4 Å². The maximum atomic E-state index is 13.7. The van der Waals surface area contributed by atoms with Crippen molar-refractivity contribution in [2.45, 2.75) is 82.0 Å². The molecule has 1 aromatic rings. The fourth-order valence-corrected chi connectivity index (χ4v) is 5.26. The number of hydrogen-bond acceptors (Lipinski definition) is 5. The summed E-state index contributed by atoms with van der Waals surface area (Å²) in [4.78, 5) is 39.6. The Morgan fingerprint density at radius 3 is 2.31 bits per heavy atom. The highest BCUT2D eigenvalue weighted by atomic mass is 16.4. The fraction of sp³-hybridized carbons (Fsp3) is 0.625. The van der Waals surface area contributed by atoms with Crippen molar-refractivity contribution in [1.82, 2.24) is 10.2 Å². The molecule has 0 unspecified atom stereocenters. The first-order valence-electron chi connectivity index (χ1n) is 11.8. The highest BCUT2D eigenvalue weighted by molar-refractivity contribution is 5.90. The van der Waals surface area contributed by atoms with Gasteiger partial charge < -0.3 is 21.5 Å². The van der Waals surface area contributed by atoms with E-state index < -0.39 is 30.0 Å². The number of carboxylic acids is 1. The molecule has 2 saturated heterocycles. The molecule has 1 saturated carbocycles. The summed E-state index contributed by atoms with van der Waals surface area (Å²) < 4.78 is 0. The largest absolute Gasteiger partial charge is 0.480 e. The van der Waals surface area contributed by atoms with E-state index in [0.717, 1.165) is 37.7 Å². The molecule has 1 aromatic carbocycles. The molecule has 176 valence electrons. The minimum atomic E-state index is -0.982. The number of fused-ring (bicyclic) bond motifs is 3. The summed E-state index contributed by atoms with van der Waals surface area (Å²) in [7, 11) is 0. The maximum Gasteiger partial charge on any atom is 0.320 e. The fourth-order valence-electron chi connectivity index (χ4n) is 5.26. The molecule has 8 heteroatoms. The predicted octanol–water partition coefficient (Wildman–Crippen LogP) is 1.41. The minimum absolute atomic E-state index is 0.00333. The van der Waals surface area contributed by atoms with Gasteiger partial charge in [0.15, 0.2) is 0 Å². The van der Waals surface area contributed by atoms with Crippen LogP contribution >= 0.6 is 0 Å². The monoisotopic (exact) mass is 444 g/mol. The Bertz CT molecular complexity index is 779. The zero-order chi connectivity index (χ0) is 23.1. The van der Waals surface area contributed by atoms with E-state index >= 15 is 0 Å². The number of hydrogen-bond donors (Lipinski definition) is 4. The van der Waals surface area contributed by atoms with Crippen LogP contribution in [0.25, 0.3) is 0 Å². The number of piperidine rings is 2. The first-order valence-corrected chi connectivity index (χ1v) is 11.8. The third-order valence-corrected chi connectivity index (χ3v) is 6.94. The van der Waals surface area contributed by atoms with Gasteiger partial charge in [-0.2, -0.15) is 0 Å². The molecule has 2 amide bonds. The third-order valence-electron chi connectivity index (χ3n) is 6.94. The van der Waals surface area contributed by atoms with E-state index in [-0.39, 0.29) is 17.9 Å². The van der Waals surface area contributed by atoms with Crippen molar-refractivity contribution in [3.63, 3.8) is 0 Å². The number of rotatable bonds is 12. The SMILES string of the molecule is NCCCC[C@H](N[C@@H](CCc1ccccc1)C(=O)O)C(=O)N1C2CCC(CC2)[C@H]1C(N)=O. The molecule has 2 bridgehead atoms. The van der Waals surface area contributed by atoms with Crippen molar-refractivity contribution >= 4 is 17.8 Å². The zero-order valence-electron chi connectivity index (χ0n) is 18.6. The lowest BCUT2D eigenvalue weighted by atomic mass is 9.74. The molecule has 3 fully saturated rings. The molecule has 8 nitrogen and oxygen atoms in total. The van der Waals surface area contributed by atoms with E-state index in [4.69, 9.17) is 11.5 Å². The average molecular weight is 445 g/mol. The van der Waals surface area contributed by atoms with Crippen LogP contribution in [0.15, 0.2) is 30.3 Å². The van der Waals surface area contributed by atoms with Gasteiger partial charge in [-0.3, -0.25) is 19.7 Å². The van der Waals surface area contributed by atoms with Crippen molar-refractivity contribution in [1.29, 1.82) is 0 Å². The molecular weight excluding hydrogens is 408 g/mol. The van der Waals surface area contributed by atoms with Gasteiger partial charge in [0.1, 0.15) is 12.1 Å². The molecule has 4 rings (SSSR count). The van der Waals surface area contributed by atoms with Crippen LogP contribution in [0.4, 0.5) is 0 Å². The normalized spacial score (nSPS) is 24.2. The van der Waals surface area contributed by atoms with Crippen molar-refractivity contribution in [2.75, 3.05) is 6.54 Å². The smallest absolute Gasteiger partial charge is 0.320 e. The summed E-state index contributed by atoms with van der Waals surface area (Å²) in [5, 5.41) is 12.9. The van der Waals surface area contributed by atoms with Crippen LogP contribution in [0, 0.1) is 5.92 Å². The number of carbonyl (C=O) groups excluding carboxylic acids is 2. The van der Waals surface area contributed by atoms with Gasteiger partial charge in [0.25, 0.3) is 0 Å².